The first-order valence-corrected chi connectivity index (χ1v) is 13.2. The summed E-state index contributed by atoms with van der Waals surface area (Å²) in [5.74, 6) is 0.745. The summed E-state index contributed by atoms with van der Waals surface area (Å²) in [6.07, 6.45) is 1.25. The van der Waals surface area contributed by atoms with Crippen molar-refractivity contribution in [2.75, 3.05) is 13.1 Å². The minimum absolute atomic E-state index is 0.0411. The molecule has 6 rings (SSSR count). The summed E-state index contributed by atoms with van der Waals surface area (Å²) >= 11 is 0. The minimum atomic E-state index is -0.650. The van der Waals surface area contributed by atoms with E-state index >= 15 is 0 Å². The number of carbonyl (C=O) groups excluding carboxylic acids is 1. The Bertz CT molecular complexity index is 1830. The lowest BCUT2D eigenvalue weighted by Gasteiger charge is -2.42. The lowest BCUT2D eigenvalue weighted by molar-refractivity contribution is -0.386. The first kappa shape index (κ1) is 25.1. The number of pyridine rings is 1. The molecule has 0 spiro atoms. The number of carbonyl (C=O) groups is 1. The van der Waals surface area contributed by atoms with E-state index < -0.39 is 21.8 Å². The Hall–Kier alpha value is -4.21. The largest absolute Gasteiger partial charge is 0.461 e. The van der Waals surface area contributed by atoms with Crippen molar-refractivity contribution in [1.82, 2.24) is 9.47 Å². The maximum Gasteiger partial charge on any atom is 0.339 e. The van der Waals surface area contributed by atoms with E-state index in [9.17, 15) is 24.5 Å². The molecule has 2 aliphatic rings. The Morgan fingerprint density at radius 3 is 2.46 bits per heavy atom. The van der Waals surface area contributed by atoms with Crippen molar-refractivity contribution in [2.45, 2.75) is 59.4 Å². The van der Waals surface area contributed by atoms with Crippen molar-refractivity contribution < 1.29 is 18.6 Å². The summed E-state index contributed by atoms with van der Waals surface area (Å²) in [7, 11) is 0. The van der Waals surface area contributed by atoms with Gasteiger partial charge in [-0.1, -0.05) is 0 Å². The maximum absolute atomic E-state index is 13.3. The molecule has 0 aliphatic carbocycles. The molecule has 1 amide bonds. The number of rotatable bonds is 4. The number of hydrogen-bond donors (Lipinski definition) is 0. The van der Waals surface area contributed by atoms with Crippen LogP contribution in [0.3, 0.4) is 0 Å². The van der Waals surface area contributed by atoms with Crippen molar-refractivity contribution in [3.63, 3.8) is 0 Å². The molecule has 1 fully saturated rings. The number of piperidine rings is 1. The SMILES string of the molecule is Cc1oc2c(C)c3oc(=O)c(CCC(=O)N4C[C@@H]5C[C@H](C4)c4ccc([N+](=O)[O-])c(=O)n4C5)c(C)c3cc2c1C. The van der Waals surface area contributed by atoms with Crippen LogP contribution in [0.15, 0.2) is 36.6 Å². The number of fused-ring (bicyclic) bond motifs is 6. The number of nitrogens with zero attached hydrogens (tertiary/aromatic N) is 3. The van der Waals surface area contributed by atoms with Crippen molar-refractivity contribution in [2.24, 2.45) is 5.92 Å². The van der Waals surface area contributed by atoms with Gasteiger partial charge < -0.3 is 18.3 Å². The summed E-state index contributed by atoms with van der Waals surface area (Å²) in [5, 5.41) is 13.0. The molecule has 2 atom stereocenters. The molecule has 0 N–H and O–H groups in total. The van der Waals surface area contributed by atoms with Crippen LogP contribution in [0.25, 0.3) is 21.9 Å². The van der Waals surface area contributed by atoms with Gasteiger partial charge in [-0.25, -0.2) is 4.79 Å². The van der Waals surface area contributed by atoms with Crippen molar-refractivity contribution in [3.8, 4) is 0 Å². The van der Waals surface area contributed by atoms with Gasteiger partial charge in [0.25, 0.3) is 0 Å². The molecule has 4 aromatic rings. The molecule has 10 heteroatoms. The fraction of sp³-hybridized carbons (Fsp3) is 0.414. The molecule has 0 radical (unpaired) electrons. The normalized spacial score (nSPS) is 18.5. The molecule has 0 saturated carbocycles. The highest BCUT2D eigenvalue weighted by molar-refractivity contribution is 6.00. The fourth-order valence-electron chi connectivity index (χ4n) is 6.45. The zero-order valence-electron chi connectivity index (χ0n) is 22.3. The third-order valence-corrected chi connectivity index (χ3v) is 8.67. The number of hydrogen-bond acceptors (Lipinski definition) is 7. The van der Waals surface area contributed by atoms with Gasteiger partial charge in [-0.05, 0) is 69.7 Å². The number of likely N-dealkylation sites (tertiary alicyclic amines) is 1. The van der Waals surface area contributed by atoms with Crippen LogP contribution >= 0.6 is 0 Å². The van der Waals surface area contributed by atoms with E-state index in [0.717, 1.165) is 50.9 Å². The zero-order chi connectivity index (χ0) is 27.7. The van der Waals surface area contributed by atoms with Crippen LogP contribution in [-0.2, 0) is 17.8 Å². The minimum Gasteiger partial charge on any atom is -0.461 e. The van der Waals surface area contributed by atoms with Gasteiger partial charge >= 0.3 is 16.9 Å². The Morgan fingerprint density at radius 1 is 1.00 bits per heavy atom. The second-order valence-corrected chi connectivity index (χ2v) is 10.9. The molecule has 1 aromatic carbocycles. The van der Waals surface area contributed by atoms with Crippen LogP contribution in [0.4, 0.5) is 5.69 Å². The van der Waals surface area contributed by atoms with Crippen LogP contribution < -0.4 is 11.2 Å². The van der Waals surface area contributed by atoms with Crippen LogP contribution in [0.1, 0.15) is 52.5 Å². The van der Waals surface area contributed by atoms with Gasteiger partial charge in [0.05, 0.1) is 4.92 Å². The quantitative estimate of drug-likeness (QED) is 0.217. The third-order valence-electron chi connectivity index (χ3n) is 8.67. The monoisotopic (exact) mass is 531 g/mol. The summed E-state index contributed by atoms with van der Waals surface area (Å²) in [4.78, 5) is 51.3. The van der Waals surface area contributed by atoms with Crippen molar-refractivity contribution in [1.29, 1.82) is 0 Å². The molecular formula is C29H29N3O7. The molecule has 39 heavy (non-hydrogen) atoms. The van der Waals surface area contributed by atoms with E-state index in [0.29, 0.717) is 30.8 Å². The topological polar surface area (TPSA) is 129 Å². The first-order chi connectivity index (χ1) is 18.5. The summed E-state index contributed by atoms with van der Waals surface area (Å²) < 4.78 is 13.2. The predicted molar refractivity (Wildman–Crippen MR) is 144 cm³/mol. The number of aromatic nitrogens is 1. The summed E-state index contributed by atoms with van der Waals surface area (Å²) in [5.41, 5.74) is 3.64. The number of nitro groups is 1. The van der Waals surface area contributed by atoms with Crippen molar-refractivity contribution >= 4 is 33.5 Å². The van der Waals surface area contributed by atoms with Gasteiger partial charge in [0.2, 0.25) is 5.91 Å². The molecule has 2 bridgehead atoms. The number of furan rings is 1. The van der Waals surface area contributed by atoms with E-state index in [4.69, 9.17) is 8.83 Å². The second kappa shape index (κ2) is 8.93. The predicted octanol–water partition coefficient (Wildman–Crippen LogP) is 4.42. The molecule has 2 aliphatic heterocycles. The number of benzene rings is 1. The fourth-order valence-corrected chi connectivity index (χ4v) is 6.45. The number of aryl methyl sites for hydroxylation is 4. The van der Waals surface area contributed by atoms with E-state index in [-0.39, 0.29) is 30.6 Å². The highest BCUT2D eigenvalue weighted by Gasteiger charge is 2.37. The molecule has 1 saturated heterocycles. The Morgan fingerprint density at radius 2 is 1.72 bits per heavy atom. The van der Waals surface area contributed by atoms with Gasteiger partial charge in [-0.2, -0.15) is 0 Å². The van der Waals surface area contributed by atoms with Gasteiger partial charge in [0.1, 0.15) is 16.9 Å². The number of amides is 1. The van der Waals surface area contributed by atoms with E-state index in [1.807, 2.05) is 33.8 Å². The Labute approximate surface area is 223 Å². The Kier molecular flexibility index (Phi) is 5.74. The van der Waals surface area contributed by atoms with Gasteiger partial charge in [0, 0.05) is 65.6 Å². The van der Waals surface area contributed by atoms with Crippen LogP contribution in [0, 0.1) is 43.7 Å². The van der Waals surface area contributed by atoms with E-state index in [2.05, 4.69) is 0 Å². The van der Waals surface area contributed by atoms with Crippen molar-refractivity contribution in [3.05, 3.63) is 82.8 Å². The zero-order valence-corrected chi connectivity index (χ0v) is 22.3. The van der Waals surface area contributed by atoms with E-state index in [1.165, 1.54) is 10.6 Å². The van der Waals surface area contributed by atoms with Gasteiger partial charge in [-0.3, -0.25) is 19.7 Å². The maximum atomic E-state index is 13.3. The smallest absolute Gasteiger partial charge is 0.339 e. The second-order valence-electron chi connectivity index (χ2n) is 10.9. The summed E-state index contributed by atoms with van der Waals surface area (Å²) in [6, 6.07) is 4.90. The molecule has 0 unspecified atom stereocenters. The average Bonchev–Trinajstić information content (AvgIpc) is 3.18. The first-order valence-electron chi connectivity index (χ1n) is 13.2. The highest BCUT2D eigenvalue weighted by atomic mass is 16.6. The molecule has 5 heterocycles. The standard InChI is InChI=1S/C29H29N3O7/c1-14-17(4)38-26-16(3)27-22(10-21(14)26)15(2)20(29(35)39-27)5-8-25(33)30-11-18-9-19(13-30)23-6-7-24(32(36)37)28(34)31(23)12-18/h6-7,10,18-19H,5,8-9,11-13H2,1-4H3/t18-,19+/m0/s1. The average molecular weight is 532 g/mol. The summed E-state index contributed by atoms with van der Waals surface area (Å²) in [6.45, 7) is 8.96. The molecule has 202 valence electrons. The van der Waals surface area contributed by atoms with Crippen LogP contribution in [-0.4, -0.2) is 33.4 Å². The Balaban J connectivity index is 1.25. The third kappa shape index (κ3) is 3.88. The van der Waals surface area contributed by atoms with Gasteiger partial charge in [0.15, 0.2) is 0 Å². The molecular weight excluding hydrogens is 502 g/mol. The van der Waals surface area contributed by atoms with Crippen LogP contribution in [0.5, 0.6) is 0 Å². The molecule has 10 nitrogen and oxygen atoms in total. The van der Waals surface area contributed by atoms with Crippen LogP contribution in [0.2, 0.25) is 0 Å². The molecule has 3 aromatic heterocycles. The lowest BCUT2D eigenvalue weighted by atomic mass is 9.83. The van der Waals surface area contributed by atoms with Gasteiger partial charge in [-0.15, -0.1) is 0 Å². The van der Waals surface area contributed by atoms with E-state index in [1.54, 1.807) is 11.0 Å². The lowest BCUT2D eigenvalue weighted by Crippen LogP contribution is -2.49. The highest BCUT2D eigenvalue weighted by Crippen LogP contribution is 2.37.